The molecule has 0 heterocycles. The van der Waals surface area contributed by atoms with Gasteiger partial charge in [0.2, 0.25) is 0 Å². The van der Waals surface area contributed by atoms with Crippen LogP contribution in [0.25, 0.3) is 0 Å². The van der Waals surface area contributed by atoms with Gasteiger partial charge in [-0.05, 0) is 81.5 Å². The van der Waals surface area contributed by atoms with Gasteiger partial charge >= 0.3 is 0 Å². The molecular weight excluding hydrogens is 284 g/mol. The maximum atomic E-state index is 10.4. The summed E-state index contributed by atoms with van der Waals surface area (Å²) in [5.41, 5.74) is 3.87. The summed E-state index contributed by atoms with van der Waals surface area (Å²) in [4.78, 5) is 0. The molecule has 4 aliphatic carbocycles. The van der Waals surface area contributed by atoms with Gasteiger partial charge in [0.25, 0.3) is 0 Å². The summed E-state index contributed by atoms with van der Waals surface area (Å²) >= 11 is 0. The third kappa shape index (κ3) is 2.13. The Kier molecular flexibility index (Phi) is 3.93. The normalized spacial score (nSPS) is 47.7. The molecule has 2 heteroatoms. The first-order valence-electron chi connectivity index (χ1n) is 10.0. The van der Waals surface area contributed by atoms with Gasteiger partial charge in [0.15, 0.2) is 0 Å². The highest BCUT2D eigenvalue weighted by molar-refractivity contribution is 5.35. The number of hydrogen-bond acceptors (Lipinski definition) is 2. The van der Waals surface area contributed by atoms with Gasteiger partial charge in [0.05, 0.1) is 6.10 Å². The molecule has 0 aromatic heterocycles. The van der Waals surface area contributed by atoms with E-state index in [9.17, 15) is 10.2 Å². The van der Waals surface area contributed by atoms with Crippen LogP contribution in [0.15, 0.2) is 11.1 Å². The van der Waals surface area contributed by atoms with Crippen LogP contribution in [0.2, 0.25) is 0 Å². The minimum absolute atomic E-state index is 0.188. The molecule has 3 fully saturated rings. The Morgan fingerprint density at radius 1 is 1.09 bits per heavy atom. The van der Waals surface area contributed by atoms with Crippen molar-refractivity contribution in [2.45, 2.75) is 84.2 Å². The van der Waals surface area contributed by atoms with Crippen molar-refractivity contribution in [2.75, 3.05) is 6.61 Å². The largest absolute Gasteiger partial charge is 0.396 e. The lowest BCUT2D eigenvalue weighted by Crippen LogP contribution is -2.50. The first kappa shape index (κ1) is 16.1. The second-order valence-corrected chi connectivity index (χ2v) is 9.27. The third-order valence-corrected chi connectivity index (χ3v) is 8.56. The number of rotatable bonds is 2. The van der Waals surface area contributed by atoms with Crippen molar-refractivity contribution in [3.05, 3.63) is 11.1 Å². The summed E-state index contributed by atoms with van der Waals surface area (Å²) in [6.45, 7) is 4.81. The van der Waals surface area contributed by atoms with Crippen LogP contribution in [-0.2, 0) is 0 Å². The lowest BCUT2D eigenvalue weighted by molar-refractivity contribution is -0.0512. The molecule has 0 amide bonds. The van der Waals surface area contributed by atoms with E-state index >= 15 is 0 Å². The van der Waals surface area contributed by atoms with E-state index in [4.69, 9.17) is 0 Å². The van der Waals surface area contributed by atoms with E-state index in [2.05, 4.69) is 6.92 Å². The second-order valence-electron chi connectivity index (χ2n) is 9.27. The number of aliphatic hydroxyl groups is 2. The first-order valence-corrected chi connectivity index (χ1v) is 10.0. The maximum Gasteiger partial charge on any atom is 0.0548 e. The van der Waals surface area contributed by atoms with Gasteiger partial charge in [0.1, 0.15) is 0 Å². The van der Waals surface area contributed by atoms with E-state index in [-0.39, 0.29) is 16.9 Å². The van der Waals surface area contributed by atoms with Gasteiger partial charge < -0.3 is 10.2 Å². The molecule has 0 saturated heterocycles. The van der Waals surface area contributed by atoms with Gasteiger partial charge in [-0.2, -0.15) is 0 Å². The second kappa shape index (κ2) is 5.59. The zero-order valence-corrected chi connectivity index (χ0v) is 15.0. The Balaban J connectivity index is 1.75. The molecule has 130 valence electrons. The van der Waals surface area contributed by atoms with Crippen LogP contribution in [0, 0.1) is 28.6 Å². The van der Waals surface area contributed by atoms with Gasteiger partial charge in [-0.1, -0.05) is 30.9 Å². The lowest BCUT2D eigenvalue weighted by Gasteiger charge is -2.56. The summed E-state index contributed by atoms with van der Waals surface area (Å²) in [7, 11) is 0. The number of fused-ring (bicyclic) bond motifs is 4. The lowest BCUT2D eigenvalue weighted by atomic mass is 9.49. The summed E-state index contributed by atoms with van der Waals surface area (Å²) in [6, 6.07) is 0. The average Bonchev–Trinajstić information content (AvgIpc) is 2.91. The minimum atomic E-state index is -0.188. The van der Waals surface area contributed by atoms with Crippen molar-refractivity contribution in [3.8, 4) is 0 Å². The average molecular weight is 319 g/mol. The van der Waals surface area contributed by atoms with E-state index in [0.717, 1.165) is 12.3 Å². The highest BCUT2D eigenvalue weighted by Gasteiger charge is 2.56. The quantitative estimate of drug-likeness (QED) is 0.738. The van der Waals surface area contributed by atoms with Gasteiger partial charge in [-0.15, -0.1) is 0 Å². The Morgan fingerprint density at radius 2 is 1.91 bits per heavy atom. The van der Waals surface area contributed by atoms with Crippen LogP contribution >= 0.6 is 0 Å². The number of allylic oxidation sites excluding steroid dienone is 2. The van der Waals surface area contributed by atoms with Crippen molar-refractivity contribution in [1.29, 1.82) is 0 Å². The molecule has 0 radical (unpaired) electrons. The zero-order chi connectivity index (χ0) is 16.2. The summed E-state index contributed by atoms with van der Waals surface area (Å²) in [6.07, 6.45) is 12.5. The first-order chi connectivity index (χ1) is 11.0. The predicted molar refractivity (Wildman–Crippen MR) is 93.0 cm³/mol. The van der Waals surface area contributed by atoms with Crippen LogP contribution < -0.4 is 0 Å². The molecule has 2 N–H and O–H groups in total. The molecule has 4 aliphatic rings. The molecule has 4 rings (SSSR count). The molecule has 0 aromatic carbocycles. The van der Waals surface area contributed by atoms with Crippen molar-refractivity contribution >= 4 is 0 Å². The SMILES string of the molecule is CC(O)[C@H]1CCC2=C3CCC4CCCC[C@]4(CO)[C@H]3CC[C@@]21C. The highest BCUT2D eigenvalue weighted by atomic mass is 16.3. The van der Waals surface area contributed by atoms with Crippen LogP contribution in [0.4, 0.5) is 0 Å². The number of hydrogen-bond donors (Lipinski definition) is 2. The van der Waals surface area contributed by atoms with Crippen molar-refractivity contribution < 1.29 is 10.2 Å². The Hall–Kier alpha value is -0.340. The molecule has 6 atom stereocenters. The van der Waals surface area contributed by atoms with Crippen molar-refractivity contribution in [2.24, 2.45) is 28.6 Å². The van der Waals surface area contributed by atoms with E-state index in [1.807, 2.05) is 6.92 Å². The maximum absolute atomic E-state index is 10.4. The molecule has 0 bridgehead atoms. The van der Waals surface area contributed by atoms with Crippen LogP contribution in [0.3, 0.4) is 0 Å². The Bertz CT molecular complexity index is 508. The molecule has 0 spiro atoms. The van der Waals surface area contributed by atoms with Gasteiger partial charge in [-0.25, -0.2) is 0 Å². The number of aliphatic hydroxyl groups excluding tert-OH is 2. The standard InChI is InChI=1S/C21H34O2/c1-14(23)17-8-9-18-16-7-6-15-5-3-4-11-21(15,13-22)19(16)10-12-20(17,18)2/h14-15,17,19,22-23H,3-13H2,1-2H3/t14?,15?,17-,19+,20-,21-/m1/s1. The fraction of sp³-hybridized carbons (Fsp3) is 0.905. The molecule has 2 unspecified atom stereocenters. The van der Waals surface area contributed by atoms with Crippen LogP contribution in [0.5, 0.6) is 0 Å². The Morgan fingerprint density at radius 3 is 2.65 bits per heavy atom. The molecule has 0 aromatic rings. The summed E-state index contributed by atoms with van der Waals surface area (Å²) < 4.78 is 0. The fourth-order valence-corrected chi connectivity index (χ4v) is 7.43. The smallest absolute Gasteiger partial charge is 0.0548 e. The van der Waals surface area contributed by atoms with Crippen LogP contribution in [-0.4, -0.2) is 22.9 Å². The van der Waals surface area contributed by atoms with E-state index in [1.165, 1.54) is 57.8 Å². The fourth-order valence-electron chi connectivity index (χ4n) is 7.43. The Labute approximate surface area is 141 Å². The third-order valence-electron chi connectivity index (χ3n) is 8.56. The van der Waals surface area contributed by atoms with Crippen molar-refractivity contribution in [1.82, 2.24) is 0 Å². The zero-order valence-electron chi connectivity index (χ0n) is 15.0. The molecular formula is C21H34O2. The molecule has 2 nitrogen and oxygen atoms in total. The highest BCUT2D eigenvalue weighted by Crippen LogP contribution is 2.65. The van der Waals surface area contributed by atoms with Crippen molar-refractivity contribution in [3.63, 3.8) is 0 Å². The van der Waals surface area contributed by atoms with E-state index in [0.29, 0.717) is 18.4 Å². The van der Waals surface area contributed by atoms with Gasteiger partial charge in [-0.3, -0.25) is 0 Å². The molecule has 3 saturated carbocycles. The molecule has 0 aliphatic heterocycles. The summed E-state index contributed by atoms with van der Waals surface area (Å²) in [5, 5.41) is 20.7. The minimum Gasteiger partial charge on any atom is -0.396 e. The molecule has 23 heavy (non-hydrogen) atoms. The predicted octanol–water partition coefficient (Wildman–Crippen LogP) is 4.45. The van der Waals surface area contributed by atoms with Gasteiger partial charge in [0, 0.05) is 12.0 Å². The van der Waals surface area contributed by atoms with E-state index < -0.39 is 0 Å². The summed E-state index contributed by atoms with van der Waals surface area (Å²) in [5.74, 6) is 1.84. The van der Waals surface area contributed by atoms with E-state index in [1.54, 1.807) is 11.1 Å². The topological polar surface area (TPSA) is 40.5 Å². The van der Waals surface area contributed by atoms with Crippen LogP contribution in [0.1, 0.15) is 78.1 Å². The monoisotopic (exact) mass is 318 g/mol.